The normalized spacial score (nSPS) is 13.7. The van der Waals surface area contributed by atoms with Crippen molar-refractivity contribution in [2.75, 3.05) is 0 Å². The molecule has 6 aromatic carbocycles. The van der Waals surface area contributed by atoms with Gasteiger partial charge in [0.15, 0.2) is 0 Å². The second-order valence-electron chi connectivity index (χ2n) is 12.8. The van der Waals surface area contributed by atoms with Crippen molar-refractivity contribution in [1.82, 2.24) is 9.97 Å². The first-order valence-corrected chi connectivity index (χ1v) is 16.2. The van der Waals surface area contributed by atoms with E-state index in [2.05, 4.69) is 145 Å². The molecule has 11 rings (SSSR count). The summed E-state index contributed by atoms with van der Waals surface area (Å²) in [5.41, 5.74) is 20.1. The van der Waals surface area contributed by atoms with E-state index >= 15 is 0 Å². The molecule has 0 atom stereocenters. The highest BCUT2D eigenvalue weighted by molar-refractivity contribution is 6.21. The maximum absolute atomic E-state index is 4.80. The summed E-state index contributed by atoms with van der Waals surface area (Å²) in [6.07, 6.45) is 7.76. The van der Waals surface area contributed by atoms with E-state index in [0.717, 1.165) is 16.7 Å². The van der Waals surface area contributed by atoms with E-state index in [0.29, 0.717) is 0 Å². The van der Waals surface area contributed by atoms with Crippen LogP contribution >= 0.6 is 0 Å². The second-order valence-corrected chi connectivity index (χ2v) is 12.8. The van der Waals surface area contributed by atoms with Crippen molar-refractivity contribution in [1.29, 1.82) is 0 Å². The lowest BCUT2D eigenvalue weighted by atomic mass is 9.69. The SMILES string of the molecule is c1ccc2c(c1)-c1ccccc1C21c2ccccc2-c2c1cc1c(c2-c2cnccc2-c2ccncc2)-c2cccc3cccc-1c23. The van der Waals surface area contributed by atoms with Crippen LogP contribution in [0.5, 0.6) is 0 Å². The smallest absolute Gasteiger partial charge is 0.0725 e. The van der Waals surface area contributed by atoms with Crippen LogP contribution in [0.25, 0.3) is 77.5 Å². The molecule has 216 valence electrons. The summed E-state index contributed by atoms with van der Waals surface area (Å²) >= 11 is 0. The summed E-state index contributed by atoms with van der Waals surface area (Å²) in [6, 6.07) is 49.7. The molecule has 0 unspecified atom stereocenters. The number of aromatic nitrogens is 2. The van der Waals surface area contributed by atoms with Gasteiger partial charge in [-0.3, -0.25) is 9.97 Å². The largest absolute Gasteiger partial charge is 0.265 e. The van der Waals surface area contributed by atoms with Crippen LogP contribution in [0.3, 0.4) is 0 Å². The molecule has 0 saturated heterocycles. The average Bonchev–Trinajstić information content (AvgIpc) is 3.74. The van der Waals surface area contributed by atoms with Crippen molar-refractivity contribution >= 4 is 10.8 Å². The zero-order valence-electron chi connectivity index (χ0n) is 25.4. The summed E-state index contributed by atoms with van der Waals surface area (Å²) in [7, 11) is 0. The Morgan fingerprint density at radius 3 is 1.68 bits per heavy atom. The number of hydrogen-bond donors (Lipinski definition) is 0. The van der Waals surface area contributed by atoms with Gasteiger partial charge in [-0.05, 0) is 113 Å². The Kier molecular flexibility index (Phi) is 4.80. The minimum Gasteiger partial charge on any atom is -0.265 e. The Balaban J connectivity index is 1.38. The number of hydrogen-bond acceptors (Lipinski definition) is 2. The van der Waals surface area contributed by atoms with Gasteiger partial charge in [-0.25, -0.2) is 0 Å². The Bertz CT molecular complexity index is 2580. The van der Waals surface area contributed by atoms with Crippen LogP contribution in [0, 0.1) is 0 Å². The molecule has 2 heterocycles. The molecule has 0 N–H and O–H groups in total. The van der Waals surface area contributed by atoms with Crippen molar-refractivity contribution < 1.29 is 0 Å². The highest BCUT2D eigenvalue weighted by Crippen LogP contribution is 2.67. The first kappa shape index (κ1) is 25.1. The Labute approximate surface area is 272 Å². The first-order valence-electron chi connectivity index (χ1n) is 16.2. The molecule has 0 amide bonds. The average molecular weight is 595 g/mol. The zero-order chi connectivity index (χ0) is 30.7. The summed E-state index contributed by atoms with van der Waals surface area (Å²) in [6.45, 7) is 0. The van der Waals surface area contributed by atoms with Crippen LogP contribution in [0.2, 0.25) is 0 Å². The predicted molar refractivity (Wildman–Crippen MR) is 191 cm³/mol. The third-order valence-corrected chi connectivity index (χ3v) is 10.8. The maximum atomic E-state index is 4.80. The summed E-state index contributed by atoms with van der Waals surface area (Å²) in [5.74, 6) is 0. The summed E-state index contributed by atoms with van der Waals surface area (Å²) < 4.78 is 0. The van der Waals surface area contributed by atoms with Gasteiger partial charge >= 0.3 is 0 Å². The van der Waals surface area contributed by atoms with Crippen molar-refractivity contribution in [2.45, 2.75) is 5.41 Å². The molecule has 8 aromatic rings. The highest BCUT2D eigenvalue weighted by atomic mass is 14.6. The molecule has 2 nitrogen and oxygen atoms in total. The maximum Gasteiger partial charge on any atom is 0.0725 e. The third kappa shape index (κ3) is 3.01. The van der Waals surface area contributed by atoms with Crippen molar-refractivity contribution in [3.63, 3.8) is 0 Å². The van der Waals surface area contributed by atoms with Gasteiger partial charge in [0.2, 0.25) is 0 Å². The Hall–Kier alpha value is -6.12. The number of benzene rings is 6. The van der Waals surface area contributed by atoms with Crippen LogP contribution < -0.4 is 0 Å². The van der Waals surface area contributed by atoms with E-state index in [1.54, 1.807) is 0 Å². The van der Waals surface area contributed by atoms with Crippen LogP contribution in [-0.4, -0.2) is 9.97 Å². The molecule has 2 heteroatoms. The zero-order valence-corrected chi connectivity index (χ0v) is 25.4. The topological polar surface area (TPSA) is 25.8 Å². The van der Waals surface area contributed by atoms with Crippen LogP contribution in [0.1, 0.15) is 22.3 Å². The van der Waals surface area contributed by atoms with Crippen molar-refractivity contribution in [3.8, 4) is 66.8 Å². The van der Waals surface area contributed by atoms with E-state index in [4.69, 9.17) is 4.98 Å². The highest BCUT2D eigenvalue weighted by Gasteiger charge is 2.53. The van der Waals surface area contributed by atoms with Gasteiger partial charge in [0.1, 0.15) is 0 Å². The van der Waals surface area contributed by atoms with Crippen molar-refractivity contribution in [2.24, 2.45) is 0 Å². The molecule has 47 heavy (non-hydrogen) atoms. The van der Waals surface area contributed by atoms with Gasteiger partial charge in [-0.15, -0.1) is 0 Å². The van der Waals surface area contributed by atoms with Gasteiger partial charge in [-0.1, -0.05) is 109 Å². The molecule has 3 aliphatic carbocycles. The number of pyridine rings is 2. The van der Waals surface area contributed by atoms with E-state index in [9.17, 15) is 0 Å². The first-order chi connectivity index (χ1) is 23.4. The minimum absolute atomic E-state index is 0.440. The minimum atomic E-state index is -0.440. The molecule has 0 saturated carbocycles. The fourth-order valence-electron chi connectivity index (χ4n) is 9.16. The van der Waals surface area contributed by atoms with Gasteiger partial charge in [-0.2, -0.15) is 0 Å². The fourth-order valence-corrected chi connectivity index (χ4v) is 9.16. The summed E-state index contributed by atoms with van der Waals surface area (Å²) in [5, 5.41) is 2.60. The van der Waals surface area contributed by atoms with E-state index in [-0.39, 0.29) is 0 Å². The van der Waals surface area contributed by atoms with Gasteiger partial charge in [0.05, 0.1) is 5.41 Å². The standard InChI is InChI=1S/C45H26N2/c1-4-16-37-30(11-1)31-12-2-5-17-38(31)45(37)39-18-6-3-13-33(39)43-40(45)25-35-32-14-7-9-28-10-8-15-34(41(28)32)42(35)44(43)36-26-47-24-21-29(36)27-19-22-46-23-20-27/h1-26H. The fraction of sp³-hybridized carbons (Fsp3) is 0.0222. The molecule has 0 bridgehead atoms. The van der Waals surface area contributed by atoms with Crippen LogP contribution in [-0.2, 0) is 5.41 Å². The quantitative estimate of drug-likeness (QED) is 0.199. The van der Waals surface area contributed by atoms with Gasteiger partial charge in [0, 0.05) is 35.9 Å². The Morgan fingerprint density at radius 2 is 0.957 bits per heavy atom. The summed E-state index contributed by atoms with van der Waals surface area (Å²) in [4.78, 5) is 9.14. The molecule has 1 spiro atoms. The molecule has 0 radical (unpaired) electrons. The monoisotopic (exact) mass is 594 g/mol. The van der Waals surface area contributed by atoms with E-state index < -0.39 is 5.41 Å². The Morgan fingerprint density at radius 1 is 0.362 bits per heavy atom. The van der Waals surface area contributed by atoms with E-state index in [1.807, 2.05) is 18.6 Å². The molecular weight excluding hydrogens is 569 g/mol. The number of fused-ring (bicyclic) bond motifs is 13. The van der Waals surface area contributed by atoms with Crippen LogP contribution in [0.4, 0.5) is 0 Å². The lowest BCUT2D eigenvalue weighted by Gasteiger charge is -2.31. The number of nitrogens with zero attached hydrogens (tertiary/aromatic N) is 2. The lowest BCUT2D eigenvalue weighted by Crippen LogP contribution is -2.26. The molecule has 2 aromatic heterocycles. The molecule has 3 aliphatic rings. The third-order valence-electron chi connectivity index (χ3n) is 10.8. The molecule has 0 fully saturated rings. The molecule has 0 aliphatic heterocycles. The second kappa shape index (κ2) is 8.99. The van der Waals surface area contributed by atoms with Gasteiger partial charge in [0.25, 0.3) is 0 Å². The predicted octanol–water partition coefficient (Wildman–Crippen LogP) is 11.0. The van der Waals surface area contributed by atoms with Crippen molar-refractivity contribution in [3.05, 3.63) is 181 Å². The molecular formula is C45H26N2. The van der Waals surface area contributed by atoms with E-state index in [1.165, 1.54) is 83.1 Å². The number of rotatable bonds is 2. The van der Waals surface area contributed by atoms with Crippen LogP contribution in [0.15, 0.2) is 158 Å². The lowest BCUT2D eigenvalue weighted by molar-refractivity contribution is 0.794. The van der Waals surface area contributed by atoms with Gasteiger partial charge < -0.3 is 0 Å².